The maximum atomic E-state index is 14.1. The van der Waals surface area contributed by atoms with Crippen molar-refractivity contribution in [2.75, 3.05) is 26.2 Å². The monoisotopic (exact) mass is 403 g/mol. The van der Waals surface area contributed by atoms with Crippen LogP contribution in [-0.2, 0) is 6.42 Å². The zero-order chi connectivity index (χ0) is 20.6. The van der Waals surface area contributed by atoms with Gasteiger partial charge in [0.2, 0.25) is 0 Å². The van der Waals surface area contributed by atoms with E-state index >= 15 is 0 Å². The normalized spacial score (nSPS) is 23.6. The number of benzene rings is 2. The van der Waals surface area contributed by atoms with Gasteiger partial charge >= 0.3 is 6.03 Å². The number of likely N-dealkylation sites (tertiary alicyclic amines) is 1. The minimum atomic E-state index is -2.85. The number of urea groups is 1. The van der Waals surface area contributed by atoms with Crippen LogP contribution in [0.15, 0.2) is 48.5 Å². The summed E-state index contributed by atoms with van der Waals surface area (Å²) in [7, 11) is 0. The summed E-state index contributed by atoms with van der Waals surface area (Å²) in [6.45, 7) is 0.242. The molecule has 2 atom stereocenters. The minimum absolute atomic E-state index is 0.00336. The minimum Gasteiger partial charge on any atom is -0.330 e. The van der Waals surface area contributed by atoms with Crippen LogP contribution in [0.5, 0.6) is 0 Å². The molecule has 0 bridgehead atoms. The lowest BCUT2D eigenvalue weighted by atomic mass is 9.88. The van der Waals surface area contributed by atoms with Gasteiger partial charge in [0, 0.05) is 32.6 Å². The predicted octanol–water partition coefficient (Wildman–Crippen LogP) is 3.81. The Bertz CT molecular complexity index is 887. The zero-order valence-corrected chi connectivity index (χ0v) is 16.0. The van der Waals surface area contributed by atoms with Crippen LogP contribution in [0.1, 0.15) is 29.2 Å². The van der Waals surface area contributed by atoms with Crippen LogP contribution < -0.4 is 5.73 Å². The smallest absolute Gasteiger partial charge is 0.320 e. The fraction of sp³-hybridized carbons (Fsp3) is 0.409. The van der Waals surface area contributed by atoms with Crippen molar-refractivity contribution in [1.29, 1.82) is 0 Å². The topological polar surface area (TPSA) is 49.6 Å². The van der Waals surface area contributed by atoms with Gasteiger partial charge in [-0.3, -0.25) is 0 Å². The molecule has 2 heterocycles. The fourth-order valence-electron chi connectivity index (χ4n) is 4.36. The highest BCUT2D eigenvalue weighted by molar-refractivity contribution is 5.76. The summed E-state index contributed by atoms with van der Waals surface area (Å²) in [6.07, 6.45) is 0.302. The molecule has 0 aliphatic carbocycles. The third kappa shape index (κ3) is 3.71. The molecular weight excluding hydrogens is 379 g/mol. The Labute approximate surface area is 168 Å². The molecule has 4 nitrogen and oxygen atoms in total. The van der Waals surface area contributed by atoms with Crippen LogP contribution in [0.25, 0.3) is 0 Å². The molecule has 0 saturated carbocycles. The molecule has 2 aliphatic heterocycles. The van der Waals surface area contributed by atoms with Crippen LogP contribution in [-0.4, -0.2) is 47.9 Å². The fourth-order valence-corrected chi connectivity index (χ4v) is 4.36. The molecule has 2 aromatic rings. The number of halogens is 3. The molecule has 2 N–H and O–H groups in total. The summed E-state index contributed by atoms with van der Waals surface area (Å²) < 4.78 is 41.6. The third-order valence-electron chi connectivity index (χ3n) is 6.02. The first-order chi connectivity index (χ1) is 13.9. The number of rotatable bonds is 2. The lowest BCUT2D eigenvalue weighted by Crippen LogP contribution is -2.56. The maximum Gasteiger partial charge on any atom is 0.320 e. The number of nitrogens with two attached hydrogens (primary N) is 1. The number of carbonyl (C=O) groups is 1. The average Bonchev–Trinajstić information content (AvgIpc) is 2.73. The summed E-state index contributed by atoms with van der Waals surface area (Å²) >= 11 is 0. The molecule has 1 saturated heterocycles. The SMILES string of the molecule is NC[C@@H]1CN(C(=O)N2CCc3ccccc3[C@@H]2c2ccc(F)cc2)CCC1(F)F. The lowest BCUT2D eigenvalue weighted by Gasteiger charge is -2.44. The number of amides is 2. The lowest BCUT2D eigenvalue weighted by molar-refractivity contribution is -0.0958. The van der Waals surface area contributed by atoms with E-state index in [0.29, 0.717) is 13.0 Å². The van der Waals surface area contributed by atoms with Crippen LogP contribution in [0.4, 0.5) is 18.0 Å². The molecule has 1 fully saturated rings. The third-order valence-corrected chi connectivity index (χ3v) is 6.02. The Balaban J connectivity index is 1.66. The molecular formula is C22H24F3N3O. The van der Waals surface area contributed by atoms with Crippen molar-refractivity contribution in [3.05, 3.63) is 71.0 Å². The summed E-state index contributed by atoms with van der Waals surface area (Å²) in [5.74, 6) is -4.24. The van der Waals surface area contributed by atoms with E-state index in [2.05, 4.69) is 0 Å². The highest BCUT2D eigenvalue weighted by Crippen LogP contribution is 2.38. The highest BCUT2D eigenvalue weighted by Gasteiger charge is 2.46. The highest BCUT2D eigenvalue weighted by atomic mass is 19.3. The molecule has 2 aromatic carbocycles. The molecule has 2 aliphatic rings. The van der Waals surface area contributed by atoms with E-state index < -0.39 is 11.8 Å². The quantitative estimate of drug-likeness (QED) is 0.829. The number of hydrogen-bond acceptors (Lipinski definition) is 2. The van der Waals surface area contributed by atoms with Gasteiger partial charge in [0.25, 0.3) is 5.92 Å². The summed E-state index contributed by atoms with van der Waals surface area (Å²) in [4.78, 5) is 16.6. The van der Waals surface area contributed by atoms with Gasteiger partial charge in [-0.2, -0.15) is 0 Å². The maximum absolute atomic E-state index is 14.1. The molecule has 4 rings (SSSR count). The first kappa shape index (κ1) is 19.8. The Hall–Kier alpha value is -2.54. The van der Waals surface area contributed by atoms with Gasteiger partial charge in [0.1, 0.15) is 5.82 Å². The summed E-state index contributed by atoms with van der Waals surface area (Å²) in [6, 6.07) is 13.3. The van der Waals surface area contributed by atoms with Gasteiger partial charge < -0.3 is 15.5 Å². The van der Waals surface area contributed by atoms with Crippen molar-refractivity contribution in [2.45, 2.75) is 24.8 Å². The van der Waals surface area contributed by atoms with Crippen molar-refractivity contribution < 1.29 is 18.0 Å². The van der Waals surface area contributed by atoms with Gasteiger partial charge in [0.05, 0.1) is 12.0 Å². The second kappa shape index (κ2) is 7.71. The van der Waals surface area contributed by atoms with Gasteiger partial charge in [-0.1, -0.05) is 36.4 Å². The van der Waals surface area contributed by atoms with E-state index in [-0.39, 0.29) is 43.9 Å². The number of alkyl halides is 2. The van der Waals surface area contributed by atoms with E-state index in [1.807, 2.05) is 24.3 Å². The van der Waals surface area contributed by atoms with Crippen molar-refractivity contribution >= 4 is 6.03 Å². The molecule has 7 heteroatoms. The molecule has 0 spiro atoms. The van der Waals surface area contributed by atoms with Gasteiger partial charge in [-0.15, -0.1) is 0 Å². The Morgan fingerprint density at radius 2 is 1.83 bits per heavy atom. The van der Waals surface area contributed by atoms with Crippen molar-refractivity contribution in [1.82, 2.24) is 9.80 Å². The van der Waals surface area contributed by atoms with E-state index in [1.54, 1.807) is 17.0 Å². The summed E-state index contributed by atoms with van der Waals surface area (Å²) in [5, 5.41) is 0. The molecule has 0 radical (unpaired) electrons. The Morgan fingerprint density at radius 1 is 1.10 bits per heavy atom. The van der Waals surface area contributed by atoms with E-state index in [9.17, 15) is 18.0 Å². The standard InChI is InChI=1S/C22H24F3N3O/c23-18-7-5-16(6-8-18)20-19-4-2-1-3-15(19)9-11-28(20)21(29)27-12-10-22(24,25)17(13-26)14-27/h1-8,17,20H,9-14,26H2/t17-,20+/m1/s1. The van der Waals surface area contributed by atoms with Crippen molar-refractivity contribution in [2.24, 2.45) is 11.7 Å². The first-order valence-corrected chi connectivity index (χ1v) is 9.87. The predicted molar refractivity (Wildman–Crippen MR) is 104 cm³/mol. The van der Waals surface area contributed by atoms with Crippen molar-refractivity contribution in [3.8, 4) is 0 Å². The number of hydrogen-bond donors (Lipinski definition) is 1. The second-order valence-electron chi connectivity index (χ2n) is 7.77. The number of fused-ring (bicyclic) bond motifs is 1. The largest absolute Gasteiger partial charge is 0.330 e. The Morgan fingerprint density at radius 3 is 2.55 bits per heavy atom. The summed E-state index contributed by atoms with van der Waals surface area (Å²) in [5.41, 5.74) is 8.46. The average molecular weight is 403 g/mol. The van der Waals surface area contributed by atoms with Crippen molar-refractivity contribution in [3.63, 3.8) is 0 Å². The Kier molecular flexibility index (Phi) is 5.25. The number of piperidine rings is 1. The molecule has 154 valence electrons. The number of nitrogens with zero attached hydrogens (tertiary/aromatic N) is 2. The van der Waals surface area contributed by atoms with Crippen LogP contribution in [0, 0.1) is 11.7 Å². The zero-order valence-electron chi connectivity index (χ0n) is 16.0. The molecule has 2 amide bonds. The van der Waals surface area contributed by atoms with E-state index in [1.165, 1.54) is 17.0 Å². The van der Waals surface area contributed by atoms with E-state index in [0.717, 1.165) is 16.7 Å². The van der Waals surface area contributed by atoms with E-state index in [4.69, 9.17) is 5.73 Å². The first-order valence-electron chi connectivity index (χ1n) is 9.87. The number of carbonyl (C=O) groups excluding carboxylic acids is 1. The molecule has 0 unspecified atom stereocenters. The second-order valence-corrected chi connectivity index (χ2v) is 7.77. The molecule has 29 heavy (non-hydrogen) atoms. The van der Waals surface area contributed by atoms with Gasteiger partial charge in [-0.05, 0) is 35.2 Å². The van der Waals surface area contributed by atoms with Gasteiger partial charge in [0.15, 0.2) is 0 Å². The molecule has 0 aromatic heterocycles. The van der Waals surface area contributed by atoms with Crippen LogP contribution >= 0.6 is 0 Å². The van der Waals surface area contributed by atoms with Gasteiger partial charge in [-0.25, -0.2) is 18.0 Å². The van der Waals surface area contributed by atoms with Crippen LogP contribution in [0.3, 0.4) is 0 Å². The van der Waals surface area contributed by atoms with Crippen LogP contribution in [0.2, 0.25) is 0 Å².